The number of anilines is 2. The van der Waals surface area contributed by atoms with E-state index in [-0.39, 0.29) is 24.0 Å². The third-order valence-electron chi connectivity index (χ3n) is 4.89. The Morgan fingerprint density at radius 1 is 1.38 bits per heavy atom. The number of rotatable bonds is 1. The summed E-state index contributed by atoms with van der Waals surface area (Å²) in [7, 11) is 0. The van der Waals surface area contributed by atoms with E-state index in [1.54, 1.807) is 6.07 Å². The van der Waals surface area contributed by atoms with Crippen LogP contribution in [0.1, 0.15) is 40.4 Å². The summed E-state index contributed by atoms with van der Waals surface area (Å²) in [5, 5.41) is 7.34. The molecule has 2 aromatic rings. The van der Waals surface area contributed by atoms with Crippen molar-refractivity contribution in [1.29, 1.82) is 0 Å². The summed E-state index contributed by atoms with van der Waals surface area (Å²) in [6.07, 6.45) is 0.610. The Kier molecular flexibility index (Phi) is 3.51. The number of fused-ring (bicyclic) bond motifs is 2. The Hall–Kier alpha value is -2.44. The quantitative estimate of drug-likeness (QED) is 0.842. The van der Waals surface area contributed by atoms with Gasteiger partial charge in [-0.1, -0.05) is 0 Å². The van der Waals surface area contributed by atoms with Crippen LogP contribution in [-0.2, 0) is 12.8 Å². The first kappa shape index (κ1) is 15.1. The predicted octanol–water partition coefficient (Wildman–Crippen LogP) is 2.67. The maximum absolute atomic E-state index is 13.6. The van der Waals surface area contributed by atoms with Crippen molar-refractivity contribution in [1.82, 2.24) is 9.78 Å². The number of hydrogen-bond acceptors (Lipinski definition) is 4. The zero-order chi connectivity index (χ0) is 16.8. The van der Waals surface area contributed by atoms with Crippen LogP contribution in [0.2, 0.25) is 0 Å². The summed E-state index contributed by atoms with van der Waals surface area (Å²) in [6.45, 7) is 0.626. The van der Waals surface area contributed by atoms with E-state index in [9.17, 15) is 13.6 Å². The largest absolute Gasteiger partial charge is 0.385 e. The number of nitrogens with two attached hydrogens (primary N) is 1. The first-order valence-corrected chi connectivity index (χ1v) is 8.12. The summed E-state index contributed by atoms with van der Waals surface area (Å²) >= 11 is 0. The first-order chi connectivity index (χ1) is 11.5. The number of nitrogens with zero attached hydrogens (tertiary/aromatic N) is 2. The van der Waals surface area contributed by atoms with Crippen molar-refractivity contribution < 1.29 is 13.6 Å². The molecule has 1 aliphatic carbocycles. The van der Waals surface area contributed by atoms with Gasteiger partial charge in [-0.05, 0) is 43.0 Å². The van der Waals surface area contributed by atoms with Crippen LogP contribution in [-0.4, -0.2) is 28.4 Å². The van der Waals surface area contributed by atoms with Crippen LogP contribution in [0.3, 0.4) is 0 Å². The standard InChI is InChI=1S/C17H18F2N4O/c18-9-1-3-14-12(7-9)11(5-6-21-14)17(24)23-15-4-2-10(19)8-13(15)16(20)22-23/h1,3,7,10-11,21H,2,4-6,8H2,(H2,20,22)/t10?,11-/m1/s1. The molecule has 7 heteroatoms. The number of halogens is 2. The Bertz CT molecular complexity index is 817. The van der Waals surface area contributed by atoms with Gasteiger partial charge in [0.05, 0.1) is 11.6 Å². The van der Waals surface area contributed by atoms with E-state index < -0.39 is 12.1 Å². The van der Waals surface area contributed by atoms with E-state index in [1.807, 2.05) is 0 Å². The maximum Gasteiger partial charge on any atom is 0.254 e. The summed E-state index contributed by atoms with van der Waals surface area (Å²) in [5.41, 5.74) is 8.61. The summed E-state index contributed by atoms with van der Waals surface area (Å²) in [5.74, 6) is -0.872. The molecular formula is C17H18F2N4O. The molecule has 0 bridgehead atoms. The molecule has 5 nitrogen and oxygen atoms in total. The van der Waals surface area contributed by atoms with Crippen molar-refractivity contribution in [2.24, 2.45) is 0 Å². The number of nitrogen functional groups attached to an aromatic ring is 1. The highest BCUT2D eigenvalue weighted by atomic mass is 19.1. The van der Waals surface area contributed by atoms with Gasteiger partial charge in [-0.3, -0.25) is 4.79 Å². The Morgan fingerprint density at radius 3 is 3.04 bits per heavy atom. The normalized spacial score (nSPS) is 22.4. The number of hydrogen-bond donors (Lipinski definition) is 2. The number of benzene rings is 1. The molecule has 1 aromatic heterocycles. The van der Waals surface area contributed by atoms with E-state index in [4.69, 9.17) is 5.73 Å². The molecule has 2 atom stereocenters. The lowest BCUT2D eigenvalue weighted by Gasteiger charge is -2.26. The van der Waals surface area contributed by atoms with Gasteiger partial charge < -0.3 is 11.1 Å². The molecule has 4 rings (SSSR count). The van der Waals surface area contributed by atoms with Gasteiger partial charge >= 0.3 is 0 Å². The van der Waals surface area contributed by atoms with E-state index in [0.29, 0.717) is 42.6 Å². The topological polar surface area (TPSA) is 72.9 Å². The van der Waals surface area contributed by atoms with Crippen molar-refractivity contribution in [3.63, 3.8) is 0 Å². The molecule has 3 N–H and O–H groups in total. The minimum atomic E-state index is -0.943. The van der Waals surface area contributed by atoms with Gasteiger partial charge in [-0.25, -0.2) is 13.5 Å². The van der Waals surface area contributed by atoms with Gasteiger partial charge in [0, 0.05) is 24.2 Å². The first-order valence-electron chi connectivity index (χ1n) is 8.12. The van der Waals surface area contributed by atoms with Gasteiger partial charge in [0.1, 0.15) is 17.8 Å². The summed E-state index contributed by atoms with van der Waals surface area (Å²) in [4.78, 5) is 13.0. The van der Waals surface area contributed by atoms with Gasteiger partial charge in [0.2, 0.25) is 0 Å². The molecule has 2 aliphatic rings. The van der Waals surface area contributed by atoms with Crippen LogP contribution in [0, 0.1) is 5.82 Å². The molecule has 0 saturated heterocycles. The molecule has 0 fully saturated rings. The number of carbonyl (C=O) groups excluding carboxylic acids is 1. The molecule has 1 unspecified atom stereocenters. The fourth-order valence-electron chi connectivity index (χ4n) is 3.68. The van der Waals surface area contributed by atoms with Crippen LogP contribution >= 0.6 is 0 Å². The second-order valence-corrected chi connectivity index (χ2v) is 6.40. The highest BCUT2D eigenvalue weighted by Gasteiger charge is 2.33. The van der Waals surface area contributed by atoms with Gasteiger partial charge in [-0.2, -0.15) is 0 Å². The van der Waals surface area contributed by atoms with Crippen LogP contribution in [0.5, 0.6) is 0 Å². The second kappa shape index (κ2) is 5.58. The van der Waals surface area contributed by atoms with E-state index >= 15 is 0 Å². The van der Waals surface area contributed by atoms with Crippen molar-refractivity contribution in [2.45, 2.75) is 37.8 Å². The van der Waals surface area contributed by atoms with Crippen LogP contribution in [0.4, 0.5) is 20.3 Å². The Labute approximate surface area is 137 Å². The molecule has 2 heterocycles. The minimum absolute atomic E-state index is 0.200. The zero-order valence-corrected chi connectivity index (χ0v) is 13.1. The third-order valence-corrected chi connectivity index (χ3v) is 4.89. The van der Waals surface area contributed by atoms with Gasteiger partial charge in [-0.15, -0.1) is 5.10 Å². The van der Waals surface area contributed by atoms with Crippen molar-refractivity contribution in [3.05, 3.63) is 40.8 Å². The molecule has 0 amide bonds. The predicted molar refractivity (Wildman–Crippen MR) is 86.4 cm³/mol. The maximum atomic E-state index is 13.6. The number of carbonyl (C=O) groups is 1. The third kappa shape index (κ3) is 2.35. The lowest BCUT2D eigenvalue weighted by molar-refractivity contribution is 0.0851. The zero-order valence-electron chi connectivity index (χ0n) is 13.1. The van der Waals surface area contributed by atoms with Gasteiger partial charge in [0.25, 0.3) is 5.91 Å². The molecule has 1 aliphatic heterocycles. The van der Waals surface area contributed by atoms with Crippen LogP contribution in [0.15, 0.2) is 18.2 Å². The van der Waals surface area contributed by atoms with Crippen molar-refractivity contribution in [2.75, 3.05) is 17.6 Å². The molecule has 1 aromatic carbocycles. The molecule has 126 valence electrons. The number of nitrogens with one attached hydrogen (secondary N) is 1. The lowest BCUT2D eigenvalue weighted by Crippen LogP contribution is -2.29. The second-order valence-electron chi connectivity index (χ2n) is 6.40. The number of aromatic nitrogens is 2. The summed E-state index contributed by atoms with van der Waals surface area (Å²) < 4.78 is 28.6. The van der Waals surface area contributed by atoms with Crippen LogP contribution < -0.4 is 11.1 Å². The smallest absolute Gasteiger partial charge is 0.254 e. The average Bonchev–Trinajstić information content (AvgIpc) is 2.90. The van der Waals surface area contributed by atoms with Crippen molar-refractivity contribution >= 4 is 17.4 Å². The molecule has 0 radical (unpaired) electrons. The fourth-order valence-corrected chi connectivity index (χ4v) is 3.68. The Balaban J connectivity index is 1.74. The summed E-state index contributed by atoms with van der Waals surface area (Å²) in [6, 6.07) is 4.40. The molecular weight excluding hydrogens is 314 g/mol. The van der Waals surface area contributed by atoms with Gasteiger partial charge in [0.15, 0.2) is 0 Å². The fraction of sp³-hybridized carbons (Fsp3) is 0.412. The van der Waals surface area contributed by atoms with E-state index in [1.165, 1.54) is 16.8 Å². The SMILES string of the molecule is Nc1nn(C(=O)[C@@H]2CCNc3ccc(F)cc32)c2c1CC(F)CC2. The molecule has 24 heavy (non-hydrogen) atoms. The molecule has 0 saturated carbocycles. The minimum Gasteiger partial charge on any atom is -0.385 e. The molecule has 0 spiro atoms. The monoisotopic (exact) mass is 332 g/mol. The average molecular weight is 332 g/mol. The highest BCUT2D eigenvalue weighted by molar-refractivity contribution is 5.89. The number of alkyl halides is 1. The lowest BCUT2D eigenvalue weighted by atomic mass is 9.89. The Morgan fingerprint density at radius 2 is 2.21 bits per heavy atom. The van der Waals surface area contributed by atoms with Crippen LogP contribution in [0.25, 0.3) is 0 Å². The van der Waals surface area contributed by atoms with E-state index in [0.717, 1.165) is 5.69 Å². The van der Waals surface area contributed by atoms with E-state index in [2.05, 4.69) is 10.4 Å². The van der Waals surface area contributed by atoms with Crippen molar-refractivity contribution in [3.8, 4) is 0 Å². The highest BCUT2D eigenvalue weighted by Crippen LogP contribution is 2.35.